The Balaban J connectivity index is 2.44. The monoisotopic (exact) mass is 211 g/mol. The zero-order chi connectivity index (χ0) is 11.3. The number of pyridine rings is 1. The third-order valence-corrected chi connectivity index (χ3v) is 1.58. The summed E-state index contributed by atoms with van der Waals surface area (Å²) in [6.45, 7) is 0. The molecule has 0 spiro atoms. The van der Waals surface area contributed by atoms with Crippen molar-refractivity contribution in [2.24, 2.45) is 0 Å². The van der Waals surface area contributed by atoms with Gasteiger partial charge in [0.2, 0.25) is 12.4 Å². The van der Waals surface area contributed by atoms with Crippen LogP contribution in [-0.2, 0) is 9.59 Å². The maximum atomic E-state index is 11.1. The van der Waals surface area contributed by atoms with Crippen LogP contribution in [0.5, 0.6) is 0 Å². The SMILES string of the molecule is Nc1cc[n+](OC(=O)CCC(=O)O)cc1. The number of anilines is 1. The highest BCUT2D eigenvalue weighted by molar-refractivity contribution is 5.76. The van der Waals surface area contributed by atoms with Crippen LogP contribution in [0.3, 0.4) is 0 Å². The lowest BCUT2D eigenvalue weighted by Crippen LogP contribution is -2.45. The Morgan fingerprint density at radius 2 is 1.93 bits per heavy atom. The number of rotatable bonds is 4. The van der Waals surface area contributed by atoms with Gasteiger partial charge in [-0.2, -0.15) is 4.84 Å². The molecule has 80 valence electrons. The third-order valence-electron chi connectivity index (χ3n) is 1.58. The van der Waals surface area contributed by atoms with Gasteiger partial charge in [0.05, 0.1) is 12.8 Å². The lowest BCUT2D eigenvalue weighted by molar-refractivity contribution is -0.869. The predicted octanol–water partition coefficient (Wildman–Crippen LogP) is -0.624. The number of aromatic nitrogens is 1. The minimum absolute atomic E-state index is 0.160. The summed E-state index contributed by atoms with van der Waals surface area (Å²) < 4.78 is 1.17. The Kier molecular flexibility index (Phi) is 3.61. The molecule has 0 aliphatic heterocycles. The van der Waals surface area contributed by atoms with Gasteiger partial charge in [0.15, 0.2) is 0 Å². The van der Waals surface area contributed by atoms with Gasteiger partial charge in [-0.1, -0.05) is 0 Å². The molecule has 6 nitrogen and oxygen atoms in total. The number of hydrogen-bond acceptors (Lipinski definition) is 4. The van der Waals surface area contributed by atoms with E-state index in [2.05, 4.69) is 0 Å². The Bertz CT molecular complexity index is 361. The van der Waals surface area contributed by atoms with Crippen LogP contribution in [0.2, 0.25) is 0 Å². The number of carboxylic acid groups (broad SMARTS) is 1. The maximum absolute atomic E-state index is 11.1. The molecular formula is C9H11N2O4+. The van der Waals surface area contributed by atoms with E-state index in [1.54, 1.807) is 12.1 Å². The van der Waals surface area contributed by atoms with E-state index in [1.165, 1.54) is 17.1 Å². The van der Waals surface area contributed by atoms with Crippen LogP contribution in [0.25, 0.3) is 0 Å². The van der Waals surface area contributed by atoms with Crippen molar-refractivity contribution < 1.29 is 24.3 Å². The number of carbonyl (C=O) groups excluding carboxylic acids is 1. The lowest BCUT2D eigenvalue weighted by Gasteiger charge is -1.95. The van der Waals surface area contributed by atoms with E-state index in [4.69, 9.17) is 15.7 Å². The van der Waals surface area contributed by atoms with Crippen LogP contribution >= 0.6 is 0 Å². The number of nitrogens with two attached hydrogens (primary N) is 1. The van der Waals surface area contributed by atoms with Crippen LogP contribution in [0.15, 0.2) is 24.5 Å². The van der Waals surface area contributed by atoms with Crippen LogP contribution in [0.4, 0.5) is 5.69 Å². The van der Waals surface area contributed by atoms with E-state index in [0.29, 0.717) is 5.69 Å². The summed E-state index contributed by atoms with van der Waals surface area (Å²) in [6, 6.07) is 3.12. The third kappa shape index (κ3) is 4.08. The van der Waals surface area contributed by atoms with Gasteiger partial charge in [0.25, 0.3) is 0 Å². The molecule has 0 saturated heterocycles. The number of carbonyl (C=O) groups is 2. The Morgan fingerprint density at radius 1 is 1.33 bits per heavy atom. The van der Waals surface area contributed by atoms with Crippen molar-refractivity contribution in [1.29, 1.82) is 0 Å². The summed E-state index contributed by atoms with van der Waals surface area (Å²) in [7, 11) is 0. The first-order valence-corrected chi connectivity index (χ1v) is 4.27. The second kappa shape index (κ2) is 4.94. The van der Waals surface area contributed by atoms with E-state index in [0.717, 1.165) is 0 Å². The van der Waals surface area contributed by atoms with Crippen molar-refractivity contribution in [1.82, 2.24) is 0 Å². The van der Waals surface area contributed by atoms with Gasteiger partial charge in [0.1, 0.15) is 0 Å². The Labute approximate surface area is 85.8 Å². The molecule has 1 aromatic heterocycles. The standard InChI is InChI=1S/C9H10N2O4/c10-7-3-5-11(6-4-7)15-9(14)2-1-8(12)13/h3-6,10H,1-2H2,(H,12,13)/p+1. The molecule has 0 bridgehead atoms. The fraction of sp³-hybridized carbons (Fsp3) is 0.222. The molecule has 0 radical (unpaired) electrons. The first-order valence-electron chi connectivity index (χ1n) is 4.27. The summed E-state index contributed by atoms with van der Waals surface area (Å²) in [5.74, 6) is -1.64. The number of hydrogen-bond donors (Lipinski definition) is 2. The van der Waals surface area contributed by atoms with Gasteiger partial charge >= 0.3 is 11.9 Å². The number of nitrogen functional groups attached to an aromatic ring is 1. The molecule has 0 aromatic carbocycles. The zero-order valence-corrected chi connectivity index (χ0v) is 7.92. The summed E-state index contributed by atoms with van der Waals surface area (Å²) >= 11 is 0. The number of nitrogens with zero attached hydrogens (tertiary/aromatic N) is 1. The molecule has 3 N–H and O–H groups in total. The van der Waals surface area contributed by atoms with Crippen LogP contribution < -0.4 is 15.3 Å². The fourth-order valence-electron chi connectivity index (χ4n) is 0.857. The van der Waals surface area contributed by atoms with Crippen molar-refractivity contribution in [2.75, 3.05) is 5.73 Å². The molecule has 0 aliphatic rings. The van der Waals surface area contributed by atoms with E-state index in [1.807, 2.05) is 0 Å². The van der Waals surface area contributed by atoms with Crippen LogP contribution in [0.1, 0.15) is 12.8 Å². The van der Waals surface area contributed by atoms with E-state index < -0.39 is 11.9 Å². The molecule has 1 rings (SSSR count). The van der Waals surface area contributed by atoms with E-state index in [9.17, 15) is 9.59 Å². The Hall–Kier alpha value is -2.11. The first kappa shape index (κ1) is 11.0. The number of carboxylic acids is 1. The van der Waals surface area contributed by atoms with E-state index >= 15 is 0 Å². The van der Waals surface area contributed by atoms with Crippen LogP contribution in [0, 0.1) is 0 Å². The highest BCUT2D eigenvalue weighted by atomic mass is 16.7. The normalized spacial score (nSPS) is 9.60. The average Bonchev–Trinajstić information content (AvgIpc) is 2.19. The highest BCUT2D eigenvalue weighted by Crippen LogP contribution is 1.93. The summed E-state index contributed by atoms with van der Waals surface area (Å²) in [5.41, 5.74) is 5.97. The topological polar surface area (TPSA) is 93.5 Å². The molecular weight excluding hydrogens is 200 g/mol. The minimum Gasteiger partial charge on any atom is -0.481 e. The molecule has 1 heterocycles. The minimum atomic E-state index is -1.03. The first-order chi connectivity index (χ1) is 7.08. The molecule has 0 amide bonds. The molecule has 0 atom stereocenters. The molecule has 6 heteroatoms. The fourth-order valence-corrected chi connectivity index (χ4v) is 0.857. The van der Waals surface area contributed by atoms with Crippen molar-refractivity contribution in [3.63, 3.8) is 0 Å². The quantitative estimate of drug-likeness (QED) is 0.647. The molecule has 0 saturated carbocycles. The van der Waals surface area contributed by atoms with Crippen molar-refractivity contribution in [2.45, 2.75) is 12.8 Å². The summed E-state index contributed by atoms with van der Waals surface area (Å²) in [4.78, 5) is 26.0. The average molecular weight is 211 g/mol. The molecule has 1 aromatic rings. The van der Waals surface area contributed by atoms with Gasteiger partial charge in [-0.15, -0.1) is 0 Å². The van der Waals surface area contributed by atoms with Gasteiger partial charge in [-0.25, -0.2) is 4.79 Å². The van der Waals surface area contributed by atoms with Crippen LogP contribution in [-0.4, -0.2) is 17.0 Å². The second-order valence-corrected chi connectivity index (χ2v) is 2.85. The Morgan fingerprint density at radius 3 is 2.47 bits per heavy atom. The van der Waals surface area contributed by atoms with Gasteiger partial charge in [-0.3, -0.25) is 4.79 Å². The lowest BCUT2D eigenvalue weighted by atomic mass is 10.3. The molecule has 0 unspecified atom stereocenters. The molecule has 0 fully saturated rings. The van der Waals surface area contributed by atoms with Crippen molar-refractivity contribution in [3.8, 4) is 0 Å². The second-order valence-electron chi connectivity index (χ2n) is 2.85. The number of aliphatic carboxylic acids is 1. The summed E-state index contributed by atoms with van der Waals surface area (Å²) in [6.07, 6.45) is 2.53. The summed E-state index contributed by atoms with van der Waals surface area (Å²) in [5, 5.41) is 8.33. The van der Waals surface area contributed by atoms with Gasteiger partial charge in [0, 0.05) is 22.6 Å². The predicted molar refractivity (Wildman–Crippen MR) is 49.5 cm³/mol. The molecule has 15 heavy (non-hydrogen) atoms. The van der Waals surface area contributed by atoms with Gasteiger partial charge < -0.3 is 10.8 Å². The smallest absolute Gasteiger partial charge is 0.381 e. The van der Waals surface area contributed by atoms with Gasteiger partial charge in [-0.05, 0) is 0 Å². The largest absolute Gasteiger partial charge is 0.481 e. The maximum Gasteiger partial charge on any atom is 0.381 e. The van der Waals surface area contributed by atoms with Crippen molar-refractivity contribution >= 4 is 17.6 Å². The van der Waals surface area contributed by atoms with E-state index in [-0.39, 0.29) is 12.8 Å². The molecule has 0 aliphatic carbocycles. The highest BCUT2D eigenvalue weighted by Gasteiger charge is 2.12. The van der Waals surface area contributed by atoms with Crippen molar-refractivity contribution in [3.05, 3.63) is 24.5 Å². The zero-order valence-electron chi connectivity index (χ0n) is 7.92.